The van der Waals surface area contributed by atoms with Crippen LogP contribution in [0.5, 0.6) is 0 Å². The average molecular weight is 198 g/mol. The van der Waals surface area contributed by atoms with E-state index in [9.17, 15) is 0 Å². The van der Waals surface area contributed by atoms with E-state index in [-0.39, 0.29) is 0 Å². The lowest BCUT2D eigenvalue weighted by Gasteiger charge is -2.05. The van der Waals surface area contributed by atoms with Crippen LogP contribution in [0.25, 0.3) is 0 Å². The molecule has 2 rings (SSSR count). The Bertz CT molecular complexity index is 449. The number of nitrogen functional groups attached to an aromatic ring is 2. The zero-order chi connectivity index (χ0) is 10.7. The minimum absolute atomic E-state index is 0.645. The Morgan fingerprint density at radius 3 is 2.13 bits per heavy atom. The minimum Gasteiger partial charge on any atom is -0.397 e. The third-order valence-electron chi connectivity index (χ3n) is 2.40. The lowest BCUT2D eigenvalue weighted by atomic mass is 10.0. The van der Waals surface area contributed by atoms with Gasteiger partial charge in [-0.1, -0.05) is 36.4 Å². The lowest BCUT2D eigenvalue weighted by Crippen LogP contribution is -1.96. The maximum absolute atomic E-state index is 5.75. The highest BCUT2D eigenvalue weighted by Crippen LogP contribution is 2.18. The molecule has 0 saturated carbocycles. The van der Waals surface area contributed by atoms with Crippen molar-refractivity contribution in [2.75, 3.05) is 11.5 Å². The van der Waals surface area contributed by atoms with E-state index >= 15 is 0 Å². The van der Waals surface area contributed by atoms with Crippen LogP contribution in [-0.4, -0.2) is 0 Å². The van der Waals surface area contributed by atoms with Crippen LogP contribution in [0.4, 0.5) is 11.4 Å². The van der Waals surface area contributed by atoms with Gasteiger partial charge < -0.3 is 11.5 Å². The molecule has 0 aliphatic heterocycles. The van der Waals surface area contributed by atoms with Gasteiger partial charge in [-0.25, -0.2) is 0 Å². The second-order valence-electron chi connectivity index (χ2n) is 3.63. The molecule has 0 spiro atoms. The fourth-order valence-electron chi connectivity index (χ4n) is 1.57. The van der Waals surface area contributed by atoms with Gasteiger partial charge in [-0.05, 0) is 29.7 Å². The quantitative estimate of drug-likeness (QED) is 0.728. The topological polar surface area (TPSA) is 52.0 Å². The normalized spacial score (nSPS) is 10.1. The zero-order valence-electron chi connectivity index (χ0n) is 8.48. The molecule has 0 saturated heterocycles. The monoisotopic (exact) mass is 198 g/mol. The van der Waals surface area contributed by atoms with Crippen LogP contribution in [-0.2, 0) is 6.42 Å². The van der Waals surface area contributed by atoms with Crippen molar-refractivity contribution in [2.45, 2.75) is 6.42 Å². The first-order valence-electron chi connectivity index (χ1n) is 4.93. The van der Waals surface area contributed by atoms with Crippen molar-refractivity contribution in [3.8, 4) is 0 Å². The van der Waals surface area contributed by atoms with Gasteiger partial charge in [0.1, 0.15) is 0 Å². The summed E-state index contributed by atoms with van der Waals surface area (Å²) in [6.45, 7) is 0. The first-order valence-corrected chi connectivity index (χ1v) is 4.93. The van der Waals surface area contributed by atoms with Gasteiger partial charge in [0, 0.05) is 0 Å². The van der Waals surface area contributed by atoms with E-state index in [4.69, 9.17) is 11.5 Å². The fourth-order valence-corrected chi connectivity index (χ4v) is 1.57. The van der Waals surface area contributed by atoms with Crippen LogP contribution in [0.1, 0.15) is 11.1 Å². The Morgan fingerprint density at radius 1 is 0.733 bits per heavy atom. The molecule has 2 aromatic carbocycles. The van der Waals surface area contributed by atoms with Crippen molar-refractivity contribution in [1.29, 1.82) is 0 Å². The van der Waals surface area contributed by atoms with Crippen molar-refractivity contribution < 1.29 is 0 Å². The molecule has 0 bridgehead atoms. The summed E-state index contributed by atoms with van der Waals surface area (Å²) < 4.78 is 0. The van der Waals surface area contributed by atoms with Crippen LogP contribution in [0.2, 0.25) is 0 Å². The summed E-state index contributed by atoms with van der Waals surface area (Å²) in [6, 6.07) is 16.1. The molecule has 0 unspecified atom stereocenters. The minimum atomic E-state index is 0.645. The van der Waals surface area contributed by atoms with Crippen LogP contribution in [0, 0.1) is 0 Å². The number of hydrogen-bond donors (Lipinski definition) is 2. The van der Waals surface area contributed by atoms with Gasteiger partial charge in [0.2, 0.25) is 0 Å². The highest BCUT2D eigenvalue weighted by atomic mass is 14.7. The summed E-state index contributed by atoms with van der Waals surface area (Å²) >= 11 is 0. The Morgan fingerprint density at radius 2 is 1.47 bits per heavy atom. The smallest absolute Gasteiger partial charge is 0.0550 e. The molecule has 2 aromatic rings. The van der Waals surface area contributed by atoms with Gasteiger partial charge in [0.05, 0.1) is 11.4 Å². The van der Waals surface area contributed by atoms with Crippen LogP contribution in [0.3, 0.4) is 0 Å². The Hall–Kier alpha value is -1.96. The van der Waals surface area contributed by atoms with Crippen molar-refractivity contribution in [2.24, 2.45) is 0 Å². The molecule has 4 N–H and O–H groups in total. The number of nitrogens with two attached hydrogens (primary N) is 2. The molecular weight excluding hydrogens is 184 g/mol. The van der Waals surface area contributed by atoms with E-state index in [0.29, 0.717) is 11.4 Å². The van der Waals surface area contributed by atoms with Crippen molar-refractivity contribution in [3.05, 3.63) is 59.7 Å². The molecule has 0 fully saturated rings. The summed E-state index contributed by atoms with van der Waals surface area (Å²) in [5.74, 6) is 0. The number of hydrogen-bond acceptors (Lipinski definition) is 2. The molecule has 0 aromatic heterocycles. The van der Waals surface area contributed by atoms with Gasteiger partial charge in [-0.2, -0.15) is 0 Å². The van der Waals surface area contributed by atoms with Crippen LogP contribution < -0.4 is 11.5 Å². The largest absolute Gasteiger partial charge is 0.397 e. The van der Waals surface area contributed by atoms with E-state index in [0.717, 1.165) is 6.42 Å². The second kappa shape index (κ2) is 4.05. The molecular formula is C13H14N2. The highest BCUT2D eigenvalue weighted by molar-refractivity contribution is 5.64. The van der Waals surface area contributed by atoms with Gasteiger partial charge in [-0.3, -0.25) is 0 Å². The second-order valence-corrected chi connectivity index (χ2v) is 3.63. The van der Waals surface area contributed by atoms with E-state index < -0.39 is 0 Å². The van der Waals surface area contributed by atoms with Gasteiger partial charge >= 0.3 is 0 Å². The van der Waals surface area contributed by atoms with E-state index in [1.807, 2.05) is 36.4 Å². The molecule has 0 radical (unpaired) electrons. The van der Waals surface area contributed by atoms with Crippen molar-refractivity contribution in [1.82, 2.24) is 0 Å². The molecule has 15 heavy (non-hydrogen) atoms. The standard InChI is InChI=1S/C13H14N2/c14-12-7-6-11(9-13(12)15)8-10-4-2-1-3-5-10/h1-7,9H,8,14-15H2. The molecule has 0 aliphatic carbocycles. The molecule has 0 heterocycles. The molecule has 2 heteroatoms. The van der Waals surface area contributed by atoms with Gasteiger partial charge in [0.25, 0.3) is 0 Å². The highest BCUT2D eigenvalue weighted by Gasteiger charge is 1.98. The first kappa shape index (κ1) is 9.59. The molecule has 76 valence electrons. The maximum Gasteiger partial charge on any atom is 0.0550 e. The third kappa shape index (κ3) is 2.29. The maximum atomic E-state index is 5.75. The number of rotatable bonds is 2. The van der Waals surface area contributed by atoms with Gasteiger partial charge in [-0.15, -0.1) is 0 Å². The van der Waals surface area contributed by atoms with Crippen molar-refractivity contribution in [3.63, 3.8) is 0 Å². The Kier molecular flexibility index (Phi) is 2.59. The van der Waals surface area contributed by atoms with Gasteiger partial charge in [0.15, 0.2) is 0 Å². The summed E-state index contributed by atoms with van der Waals surface area (Å²) in [6.07, 6.45) is 0.894. The Balaban J connectivity index is 2.22. The SMILES string of the molecule is Nc1ccc(Cc2ccccc2)cc1N. The summed E-state index contributed by atoms with van der Waals surface area (Å²) in [5.41, 5.74) is 15.2. The Labute approximate surface area is 89.5 Å². The van der Waals surface area contributed by atoms with Crippen LogP contribution >= 0.6 is 0 Å². The molecule has 0 aliphatic rings. The zero-order valence-corrected chi connectivity index (χ0v) is 8.48. The molecule has 2 nitrogen and oxygen atoms in total. The number of benzene rings is 2. The lowest BCUT2D eigenvalue weighted by molar-refractivity contribution is 1.20. The molecule has 0 amide bonds. The van der Waals surface area contributed by atoms with E-state index in [2.05, 4.69) is 12.1 Å². The fraction of sp³-hybridized carbons (Fsp3) is 0.0769. The third-order valence-corrected chi connectivity index (χ3v) is 2.40. The average Bonchev–Trinajstić information content (AvgIpc) is 2.25. The molecule has 0 atom stereocenters. The van der Waals surface area contributed by atoms with Crippen LogP contribution in [0.15, 0.2) is 48.5 Å². The van der Waals surface area contributed by atoms with E-state index in [1.165, 1.54) is 11.1 Å². The predicted molar refractivity (Wildman–Crippen MR) is 64.5 cm³/mol. The van der Waals surface area contributed by atoms with E-state index in [1.54, 1.807) is 0 Å². The first-order chi connectivity index (χ1) is 7.25. The van der Waals surface area contributed by atoms with Crippen molar-refractivity contribution >= 4 is 11.4 Å². The predicted octanol–water partition coefficient (Wildman–Crippen LogP) is 2.44. The summed E-state index contributed by atoms with van der Waals surface area (Å²) in [5, 5.41) is 0. The summed E-state index contributed by atoms with van der Waals surface area (Å²) in [7, 11) is 0. The summed E-state index contributed by atoms with van der Waals surface area (Å²) in [4.78, 5) is 0. The number of anilines is 2.